The molecule has 0 aliphatic heterocycles. The molecule has 0 bridgehead atoms. The number of nitrogens with two attached hydrogens (primary N) is 1. The molecule has 3 rings (SSSR count). The van der Waals surface area contributed by atoms with Gasteiger partial charge in [-0.1, -0.05) is 13.8 Å². The van der Waals surface area contributed by atoms with Gasteiger partial charge in [0.1, 0.15) is 0 Å². The number of anilines is 1. The third kappa shape index (κ3) is 1.60. The lowest BCUT2D eigenvalue weighted by Gasteiger charge is -2.05. The first-order chi connectivity index (χ1) is 7.97. The molecule has 1 aliphatic rings. The lowest BCUT2D eigenvalue weighted by atomic mass is 10.1. The van der Waals surface area contributed by atoms with Gasteiger partial charge in [-0.15, -0.1) is 0 Å². The maximum absolute atomic E-state index is 9.60. The van der Waals surface area contributed by atoms with Gasteiger partial charge in [0.25, 0.3) is 0 Å². The van der Waals surface area contributed by atoms with Crippen LogP contribution in [-0.2, 0) is 6.54 Å². The number of aromatic hydroxyl groups is 1. The molecule has 0 unspecified atom stereocenters. The molecule has 0 amide bonds. The summed E-state index contributed by atoms with van der Waals surface area (Å²) in [5.41, 5.74) is 6.83. The summed E-state index contributed by atoms with van der Waals surface area (Å²) in [5.74, 6) is 1.36. The van der Waals surface area contributed by atoms with E-state index in [0.29, 0.717) is 16.6 Å². The van der Waals surface area contributed by atoms with Crippen molar-refractivity contribution in [2.24, 2.45) is 5.41 Å². The van der Waals surface area contributed by atoms with Crippen molar-refractivity contribution in [1.29, 1.82) is 0 Å². The maximum atomic E-state index is 9.60. The number of imidazole rings is 1. The Balaban J connectivity index is 2.00. The van der Waals surface area contributed by atoms with Gasteiger partial charge in [-0.2, -0.15) is 9.97 Å². The first-order valence-electron chi connectivity index (χ1n) is 5.50. The number of nitrogens with zero attached hydrogens (tertiary/aromatic N) is 4. The molecule has 0 aromatic carbocycles. The molecule has 1 saturated carbocycles. The number of fused-ring (bicyclic) bond motifs is 1. The van der Waals surface area contributed by atoms with E-state index in [4.69, 9.17) is 5.73 Å². The lowest BCUT2D eigenvalue weighted by molar-refractivity contribution is 0.459. The number of hydrogen-bond acceptors (Lipinski definition) is 5. The normalized spacial score (nSPS) is 18.7. The van der Waals surface area contributed by atoms with Crippen LogP contribution in [0.3, 0.4) is 0 Å². The Labute approximate surface area is 98.5 Å². The molecule has 0 saturated heterocycles. The Morgan fingerprint density at radius 2 is 2.18 bits per heavy atom. The highest BCUT2D eigenvalue weighted by Gasteiger charge is 2.46. The highest BCUT2D eigenvalue weighted by molar-refractivity contribution is 5.77. The first-order valence-corrected chi connectivity index (χ1v) is 5.50. The summed E-state index contributed by atoms with van der Waals surface area (Å²) >= 11 is 0. The van der Waals surface area contributed by atoms with Crippen LogP contribution in [0.5, 0.6) is 5.88 Å². The molecule has 3 N–H and O–H groups in total. The fraction of sp³-hybridized carbons (Fsp3) is 0.455. The van der Waals surface area contributed by atoms with Crippen LogP contribution in [0.15, 0.2) is 6.33 Å². The minimum Gasteiger partial charge on any atom is -0.492 e. The molecule has 1 aliphatic carbocycles. The zero-order chi connectivity index (χ0) is 12.2. The molecular weight excluding hydrogens is 218 g/mol. The minimum absolute atomic E-state index is 0.0665. The fourth-order valence-corrected chi connectivity index (χ4v) is 2.03. The molecule has 1 fully saturated rings. The predicted molar refractivity (Wildman–Crippen MR) is 63.0 cm³/mol. The predicted octanol–water partition coefficient (Wildman–Crippen LogP) is 1.12. The van der Waals surface area contributed by atoms with Crippen molar-refractivity contribution in [2.75, 3.05) is 5.73 Å². The monoisotopic (exact) mass is 232 g/mol. The van der Waals surface area contributed by atoms with E-state index in [-0.39, 0.29) is 11.8 Å². The molecule has 6 heteroatoms. The van der Waals surface area contributed by atoms with Crippen LogP contribution in [-0.4, -0.2) is 24.6 Å². The van der Waals surface area contributed by atoms with Gasteiger partial charge in [0.2, 0.25) is 11.8 Å². The lowest BCUT2D eigenvalue weighted by Crippen LogP contribution is -2.03. The maximum Gasteiger partial charge on any atom is 0.244 e. The smallest absolute Gasteiger partial charge is 0.244 e. The summed E-state index contributed by atoms with van der Waals surface area (Å²) in [6.07, 6.45) is 2.79. The Bertz CT molecular complexity index is 589. The standard InChI is InChI=1S/C11H14N5O/c1-11(2)3-6(11)4-16-5-13-7-8(16)14-10(12)15-9(7)17/h5H,3-4H2,1-2H3,(H3,12,14,15,17). The minimum atomic E-state index is -0.161. The zero-order valence-electron chi connectivity index (χ0n) is 9.80. The van der Waals surface area contributed by atoms with Crippen molar-refractivity contribution >= 4 is 17.1 Å². The number of nitrogen functional groups attached to an aromatic ring is 1. The van der Waals surface area contributed by atoms with Crippen molar-refractivity contribution in [2.45, 2.75) is 26.8 Å². The van der Waals surface area contributed by atoms with Crippen molar-refractivity contribution in [1.82, 2.24) is 19.5 Å². The van der Waals surface area contributed by atoms with Gasteiger partial charge in [0, 0.05) is 12.5 Å². The van der Waals surface area contributed by atoms with Crippen LogP contribution in [0.25, 0.3) is 11.2 Å². The molecule has 1 radical (unpaired) electrons. The Hall–Kier alpha value is -1.85. The number of aromatic nitrogens is 4. The first kappa shape index (κ1) is 10.3. The van der Waals surface area contributed by atoms with E-state index in [2.05, 4.69) is 28.8 Å². The topological polar surface area (TPSA) is 89.8 Å². The fourth-order valence-electron chi connectivity index (χ4n) is 2.03. The van der Waals surface area contributed by atoms with Crippen LogP contribution in [0.2, 0.25) is 0 Å². The summed E-state index contributed by atoms with van der Waals surface area (Å²) in [6.45, 7) is 5.20. The van der Waals surface area contributed by atoms with Crippen molar-refractivity contribution in [3.63, 3.8) is 0 Å². The molecule has 2 aromatic rings. The molecule has 17 heavy (non-hydrogen) atoms. The van der Waals surface area contributed by atoms with Crippen molar-refractivity contribution in [3.05, 3.63) is 12.2 Å². The summed E-state index contributed by atoms with van der Waals surface area (Å²) in [6, 6.07) is 0. The quantitative estimate of drug-likeness (QED) is 0.809. The second kappa shape index (κ2) is 3.09. The van der Waals surface area contributed by atoms with Crippen LogP contribution >= 0.6 is 0 Å². The van der Waals surface area contributed by atoms with E-state index < -0.39 is 0 Å². The zero-order valence-corrected chi connectivity index (χ0v) is 9.80. The third-order valence-corrected chi connectivity index (χ3v) is 3.31. The molecular formula is C11H14N5O. The summed E-state index contributed by atoms with van der Waals surface area (Å²) < 4.78 is 1.90. The molecule has 0 atom stereocenters. The van der Waals surface area contributed by atoms with E-state index >= 15 is 0 Å². The Morgan fingerprint density at radius 1 is 1.47 bits per heavy atom. The molecule has 2 heterocycles. The van der Waals surface area contributed by atoms with Crippen LogP contribution in [0, 0.1) is 11.3 Å². The van der Waals surface area contributed by atoms with Crippen LogP contribution < -0.4 is 5.73 Å². The highest BCUT2D eigenvalue weighted by atomic mass is 16.3. The van der Waals surface area contributed by atoms with E-state index in [1.165, 1.54) is 5.92 Å². The van der Waals surface area contributed by atoms with Gasteiger partial charge in [-0.3, -0.25) is 0 Å². The van der Waals surface area contributed by atoms with Gasteiger partial charge >= 0.3 is 0 Å². The SMILES string of the molecule is CC1(C)C[C]1Cn1cnc2c(O)nc(N)nc21. The second-order valence-corrected chi connectivity index (χ2v) is 5.11. The van der Waals surface area contributed by atoms with Gasteiger partial charge in [-0.05, 0) is 11.8 Å². The van der Waals surface area contributed by atoms with Gasteiger partial charge in [0.15, 0.2) is 11.2 Å². The highest BCUT2D eigenvalue weighted by Crippen LogP contribution is 2.54. The van der Waals surface area contributed by atoms with Crippen molar-refractivity contribution in [3.8, 4) is 5.88 Å². The van der Waals surface area contributed by atoms with Gasteiger partial charge in [0.05, 0.1) is 6.33 Å². The van der Waals surface area contributed by atoms with Gasteiger partial charge in [-0.25, -0.2) is 4.98 Å². The molecule has 6 nitrogen and oxygen atoms in total. The number of rotatable bonds is 2. The summed E-state index contributed by atoms with van der Waals surface area (Å²) in [7, 11) is 0. The largest absolute Gasteiger partial charge is 0.492 e. The third-order valence-electron chi connectivity index (χ3n) is 3.31. The van der Waals surface area contributed by atoms with E-state index in [1.807, 2.05) is 4.57 Å². The van der Waals surface area contributed by atoms with Crippen LogP contribution in [0.4, 0.5) is 5.95 Å². The number of hydrogen-bond donors (Lipinski definition) is 2. The second-order valence-electron chi connectivity index (χ2n) is 5.11. The molecule has 0 spiro atoms. The molecule has 2 aromatic heterocycles. The summed E-state index contributed by atoms with van der Waals surface area (Å²) in [4.78, 5) is 11.9. The Morgan fingerprint density at radius 3 is 2.82 bits per heavy atom. The summed E-state index contributed by atoms with van der Waals surface area (Å²) in [5, 5.41) is 9.60. The Kier molecular flexibility index (Phi) is 1.87. The van der Waals surface area contributed by atoms with Crippen LogP contribution in [0.1, 0.15) is 20.3 Å². The average Bonchev–Trinajstić information content (AvgIpc) is 2.65. The van der Waals surface area contributed by atoms with E-state index in [9.17, 15) is 5.11 Å². The van der Waals surface area contributed by atoms with Crippen molar-refractivity contribution < 1.29 is 5.11 Å². The average molecular weight is 232 g/mol. The van der Waals surface area contributed by atoms with E-state index in [0.717, 1.165) is 13.0 Å². The van der Waals surface area contributed by atoms with E-state index in [1.54, 1.807) is 6.33 Å². The van der Waals surface area contributed by atoms with Gasteiger partial charge < -0.3 is 15.4 Å². The molecule has 89 valence electrons.